The normalized spacial score (nSPS) is 21.6. The molecule has 3 rings (SSSR count). The molecule has 2 heterocycles. The van der Waals surface area contributed by atoms with Gasteiger partial charge in [0, 0.05) is 24.7 Å². The molecule has 23 heavy (non-hydrogen) atoms. The van der Waals surface area contributed by atoms with E-state index in [-0.39, 0.29) is 11.8 Å². The van der Waals surface area contributed by atoms with Gasteiger partial charge in [-0.3, -0.25) is 9.59 Å². The minimum Gasteiger partial charge on any atom is -0.378 e. The molecule has 1 aromatic rings. The van der Waals surface area contributed by atoms with Crippen LogP contribution >= 0.6 is 23.2 Å². The van der Waals surface area contributed by atoms with Crippen LogP contribution in [0.2, 0.25) is 10.0 Å². The number of ether oxygens (including phenoxy) is 1. The number of morpholine rings is 1. The summed E-state index contributed by atoms with van der Waals surface area (Å²) in [5, 5.41) is 0.792. The second-order valence-electron chi connectivity index (χ2n) is 5.72. The summed E-state index contributed by atoms with van der Waals surface area (Å²) in [6.45, 7) is 2.83. The number of benzene rings is 1. The summed E-state index contributed by atoms with van der Waals surface area (Å²) in [4.78, 5) is 28.9. The molecule has 7 heteroatoms. The van der Waals surface area contributed by atoms with Crippen LogP contribution in [0.3, 0.4) is 0 Å². The Morgan fingerprint density at radius 2 is 1.87 bits per heavy atom. The number of likely N-dealkylation sites (tertiary alicyclic amines) is 1. The molecule has 0 bridgehead atoms. The first-order valence-electron chi connectivity index (χ1n) is 7.70. The zero-order valence-corrected chi connectivity index (χ0v) is 14.1. The van der Waals surface area contributed by atoms with Crippen molar-refractivity contribution in [3.8, 4) is 0 Å². The molecule has 2 fully saturated rings. The van der Waals surface area contributed by atoms with Crippen LogP contribution < -0.4 is 0 Å². The Morgan fingerprint density at radius 1 is 1.13 bits per heavy atom. The van der Waals surface area contributed by atoms with Crippen LogP contribution in [0.5, 0.6) is 0 Å². The maximum absolute atomic E-state index is 12.8. The van der Waals surface area contributed by atoms with Gasteiger partial charge in [0.25, 0.3) is 5.91 Å². The standard InChI is InChI=1S/C16H18Cl2N2O3/c17-11-3-4-12(13(18)10-11)15(21)20-5-1-2-14(20)16(22)19-6-8-23-9-7-19/h3-4,10,14H,1-2,5-9H2/t14-/m0/s1. The Balaban J connectivity index is 1.77. The second-order valence-corrected chi connectivity index (χ2v) is 6.56. The van der Waals surface area contributed by atoms with Crippen molar-refractivity contribution < 1.29 is 14.3 Å². The topological polar surface area (TPSA) is 49.9 Å². The molecule has 5 nitrogen and oxygen atoms in total. The highest BCUT2D eigenvalue weighted by molar-refractivity contribution is 6.36. The lowest BCUT2D eigenvalue weighted by Gasteiger charge is -2.32. The smallest absolute Gasteiger partial charge is 0.256 e. The van der Waals surface area contributed by atoms with Gasteiger partial charge in [-0.05, 0) is 31.0 Å². The minimum atomic E-state index is -0.410. The summed E-state index contributed by atoms with van der Waals surface area (Å²) >= 11 is 12.0. The van der Waals surface area contributed by atoms with Crippen molar-refractivity contribution in [2.75, 3.05) is 32.8 Å². The zero-order chi connectivity index (χ0) is 16.4. The monoisotopic (exact) mass is 356 g/mol. The van der Waals surface area contributed by atoms with Crippen LogP contribution in [0.25, 0.3) is 0 Å². The third kappa shape index (κ3) is 3.47. The van der Waals surface area contributed by atoms with Gasteiger partial charge < -0.3 is 14.5 Å². The number of halogens is 2. The van der Waals surface area contributed by atoms with Gasteiger partial charge in [0.2, 0.25) is 5.91 Å². The summed E-state index contributed by atoms with van der Waals surface area (Å²) in [6.07, 6.45) is 1.50. The molecule has 0 aliphatic carbocycles. The molecule has 2 aliphatic rings. The molecular formula is C16H18Cl2N2O3. The molecule has 0 spiro atoms. The van der Waals surface area contributed by atoms with E-state index in [1.807, 2.05) is 0 Å². The fourth-order valence-electron chi connectivity index (χ4n) is 3.08. The van der Waals surface area contributed by atoms with Crippen molar-refractivity contribution in [2.24, 2.45) is 0 Å². The molecular weight excluding hydrogens is 339 g/mol. The van der Waals surface area contributed by atoms with Gasteiger partial charge in [0.05, 0.1) is 23.8 Å². The minimum absolute atomic E-state index is 0.00392. The molecule has 2 saturated heterocycles. The Hall–Kier alpha value is -1.30. The molecule has 1 aromatic carbocycles. The lowest BCUT2D eigenvalue weighted by molar-refractivity contribution is -0.139. The lowest BCUT2D eigenvalue weighted by Crippen LogP contribution is -2.51. The summed E-state index contributed by atoms with van der Waals surface area (Å²) < 4.78 is 5.28. The average Bonchev–Trinajstić information content (AvgIpc) is 3.04. The molecule has 2 amide bonds. The van der Waals surface area contributed by atoms with E-state index in [1.54, 1.807) is 28.0 Å². The maximum Gasteiger partial charge on any atom is 0.256 e. The highest BCUT2D eigenvalue weighted by atomic mass is 35.5. The van der Waals surface area contributed by atoms with Gasteiger partial charge in [-0.15, -0.1) is 0 Å². The van der Waals surface area contributed by atoms with E-state index >= 15 is 0 Å². The Morgan fingerprint density at radius 3 is 2.57 bits per heavy atom. The largest absolute Gasteiger partial charge is 0.378 e. The van der Waals surface area contributed by atoms with Gasteiger partial charge in [-0.2, -0.15) is 0 Å². The predicted octanol–water partition coefficient (Wildman–Crippen LogP) is 2.46. The number of hydrogen-bond acceptors (Lipinski definition) is 3. The molecule has 0 saturated carbocycles. The van der Waals surface area contributed by atoms with E-state index in [0.29, 0.717) is 54.9 Å². The number of amides is 2. The van der Waals surface area contributed by atoms with Crippen LogP contribution in [0.4, 0.5) is 0 Å². The number of rotatable bonds is 2. The van der Waals surface area contributed by atoms with Gasteiger partial charge in [0.1, 0.15) is 6.04 Å². The number of nitrogens with zero attached hydrogens (tertiary/aromatic N) is 2. The first kappa shape index (κ1) is 16.6. The molecule has 0 unspecified atom stereocenters. The van der Waals surface area contributed by atoms with E-state index in [1.165, 1.54) is 0 Å². The zero-order valence-electron chi connectivity index (χ0n) is 12.6. The van der Waals surface area contributed by atoms with Crippen molar-refractivity contribution in [1.82, 2.24) is 9.80 Å². The number of carbonyl (C=O) groups excluding carboxylic acids is 2. The average molecular weight is 357 g/mol. The van der Waals surface area contributed by atoms with Crippen molar-refractivity contribution >= 4 is 35.0 Å². The third-order valence-electron chi connectivity index (χ3n) is 4.28. The van der Waals surface area contributed by atoms with Crippen molar-refractivity contribution in [3.05, 3.63) is 33.8 Å². The van der Waals surface area contributed by atoms with Crippen LogP contribution in [-0.4, -0.2) is 60.5 Å². The van der Waals surface area contributed by atoms with E-state index in [0.717, 1.165) is 6.42 Å². The van der Waals surface area contributed by atoms with Crippen molar-refractivity contribution in [2.45, 2.75) is 18.9 Å². The Kier molecular flexibility index (Phi) is 5.09. The van der Waals surface area contributed by atoms with Crippen LogP contribution in [0.1, 0.15) is 23.2 Å². The SMILES string of the molecule is O=C([C@@H]1CCCN1C(=O)c1ccc(Cl)cc1Cl)N1CCOCC1. The van der Waals surface area contributed by atoms with Crippen molar-refractivity contribution in [3.63, 3.8) is 0 Å². The summed E-state index contributed by atoms with van der Waals surface area (Å²) in [6, 6.07) is 4.38. The predicted molar refractivity (Wildman–Crippen MR) is 87.9 cm³/mol. The molecule has 124 valence electrons. The Bertz CT molecular complexity index is 617. The molecule has 0 aromatic heterocycles. The fourth-order valence-corrected chi connectivity index (χ4v) is 3.57. The molecule has 0 radical (unpaired) electrons. The fraction of sp³-hybridized carbons (Fsp3) is 0.500. The highest BCUT2D eigenvalue weighted by Gasteiger charge is 2.37. The second kappa shape index (κ2) is 7.07. The number of hydrogen-bond donors (Lipinski definition) is 0. The quantitative estimate of drug-likeness (QED) is 0.817. The summed E-state index contributed by atoms with van der Waals surface area (Å²) in [5.74, 6) is -0.208. The van der Waals surface area contributed by atoms with Gasteiger partial charge in [0.15, 0.2) is 0 Å². The van der Waals surface area contributed by atoms with E-state index in [2.05, 4.69) is 0 Å². The maximum atomic E-state index is 12.8. The van der Waals surface area contributed by atoms with Crippen LogP contribution in [0, 0.1) is 0 Å². The molecule has 1 atom stereocenters. The first-order chi connectivity index (χ1) is 11.1. The van der Waals surface area contributed by atoms with Gasteiger partial charge in [-0.1, -0.05) is 23.2 Å². The van der Waals surface area contributed by atoms with Crippen LogP contribution in [-0.2, 0) is 9.53 Å². The lowest BCUT2D eigenvalue weighted by atomic mass is 10.1. The van der Waals surface area contributed by atoms with Gasteiger partial charge in [-0.25, -0.2) is 0 Å². The summed E-state index contributed by atoms with van der Waals surface area (Å²) in [7, 11) is 0. The Labute approximate surface area is 145 Å². The third-order valence-corrected chi connectivity index (χ3v) is 4.83. The van der Waals surface area contributed by atoms with E-state index in [4.69, 9.17) is 27.9 Å². The van der Waals surface area contributed by atoms with Crippen LogP contribution in [0.15, 0.2) is 18.2 Å². The molecule has 2 aliphatic heterocycles. The van der Waals surface area contributed by atoms with E-state index < -0.39 is 6.04 Å². The van der Waals surface area contributed by atoms with Crippen molar-refractivity contribution in [1.29, 1.82) is 0 Å². The summed E-state index contributed by atoms with van der Waals surface area (Å²) in [5.41, 5.74) is 0.387. The van der Waals surface area contributed by atoms with Gasteiger partial charge >= 0.3 is 0 Å². The first-order valence-corrected chi connectivity index (χ1v) is 8.46. The van der Waals surface area contributed by atoms with E-state index in [9.17, 15) is 9.59 Å². The highest BCUT2D eigenvalue weighted by Crippen LogP contribution is 2.27. The number of carbonyl (C=O) groups is 2. The molecule has 0 N–H and O–H groups in total.